The van der Waals surface area contributed by atoms with E-state index >= 15 is 0 Å². The molecule has 5 unspecified atom stereocenters. The summed E-state index contributed by atoms with van der Waals surface area (Å²) in [5, 5.41) is 42.0. The largest absolute Gasteiger partial charge is 0.397 e. The van der Waals surface area contributed by atoms with Gasteiger partial charge in [0.15, 0.2) is 5.69 Å². The van der Waals surface area contributed by atoms with E-state index in [1.54, 1.807) is 0 Å². The van der Waals surface area contributed by atoms with Gasteiger partial charge in [0.05, 0.1) is 23.4 Å². The van der Waals surface area contributed by atoms with Gasteiger partial charge in [-0.2, -0.15) is 5.26 Å². The molecule has 5 atom stereocenters. The van der Waals surface area contributed by atoms with Gasteiger partial charge in [-0.05, 0) is 18.2 Å². The zero-order valence-electron chi connectivity index (χ0n) is 16.6. The highest BCUT2D eigenvalue weighted by molar-refractivity contribution is 7.99. The van der Waals surface area contributed by atoms with Gasteiger partial charge in [-0.1, -0.05) is 35.0 Å². The van der Waals surface area contributed by atoms with E-state index in [2.05, 4.69) is 10.3 Å². The lowest BCUT2D eigenvalue weighted by Crippen LogP contribution is -2.62. The molecule has 2 heterocycles. The van der Waals surface area contributed by atoms with Crippen LogP contribution in [-0.2, 0) is 4.74 Å². The Morgan fingerprint density at radius 2 is 1.94 bits per heavy atom. The van der Waals surface area contributed by atoms with Crippen LogP contribution in [0.5, 0.6) is 0 Å². The number of aliphatic hydroxyl groups excluding tert-OH is 3. The molecule has 8 nitrogen and oxygen atoms in total. The van der Waals surface area contributed by atoms with Crippen LogP contribution in [0.15, 0.2) is 35.5 Å². The summed E-state index contributed by atoms with van der Waals surface area (Å²) in [6, 6.07) is 4.10. The number of halogens is 4. The Bertz CT molecular complexity index is 1080. The molecule has 6 N–H and O–H groups in total. The van der Waals surface area contributed by atoms with Gasteiger partial charge >= 0.3 is 0 Å². The van der Waals surface area contributed by atoms with Crippen LogP contribution in [0.1, 0.15) is 11.3 Å². The van der Waals surface area contributed by atoms with Crippen LogP contribution in [0, 0.1) is 23.0 Å². The third-order valence-corrected chi connectivity index (χ3v) is 6.57. The van der Waals surface area contributed by atoms with E-state index in [0.717, 1.165) is 23.9 Å². The number of rotatable bonds is 6. The lowest BCUT2D eigenvalue weighted by molar-refractivity contribution is -0.164. The minimum Gasteiger partial charge on any atom is -0.397 e. The van der Waals surface area contributed by atoms with Crippen LogP contribution in [0.3, 0.4) is 0 Å². The molecule has 0 spiro atoms. The lowest BCUT2D eigenvalue weighted by Gasteiger charge is -2.42. The van der Waals surface area contributed by atoms with Crippen molar-refractivity contribution in [2.45, 2.75) is 34.7 Å². The molecule has 1 fully saturated rings. The average Bonchev–Trinajstić information content (AvgIpc) is 2.78. The Morgan fingerprint density at radius 1 is 1.27 bits per heavy atom. The summed E-state index contributed by atoms with van der Waals surface area (Å²) in [4.78, 5) is 4.38. The number of nitrogens with two attached hydrogens (primary N) is 1. The number of nitrogens with one attached hydrogen (secondary N) is 1. The molecule has 0 aliphatic carbocycles. The number of nitriles is 1. The van der Waals surface area contributed by atoms with Gasteiger partial charge in [0.25, 0.3) is 0 Å². The van der Waals surface area contributed by atoms with Crippen molar-refractivity contribution in [3.05, 3.63) is 63.5 Å². The predicted octanol–water partition coefficient (Wildman–Crippen LogP) is 1.98. The fourth-order valence-electron chi connectivity index (χ4n) is 3.07. The number of hydrogen-bond donors (Lipinski definition) is 5. The fourth-order valence-corrected chi connectivity index (χ4v) is 4.53. The summed E-state index contributed by atoms with van der Waals surface area (Å²) in [6.07, 6.45) is -1.21. The van der Waals surface area contributed by atoms with Gasteiger partial charge in [0, 0.05) is 22.9 Å². The molecular formula is C20H18Cl2F2N4O4S. The smallest absolute Gasteiger partial charge is 0.159 e. The predicted molar refractivity (Wildman–Crippen MR) is 118 cm³/mol. The summed E-state index contributed by atoms with van der Waals surface area (Å²) in [6.45, 7) is -0.553. The zero-order chi connectivity index (χ0) is 24.3. The fraction of sp³-hybridized carbons (Fsp3) is 0.300. The summed E-state index contributed by atoms with van der Waals surface area (Å²) >= 11 is 12.5. The highest BCUT2D eigenvalue weighted by atomic mass is 35.5. The molecule has 1 aliphatic heterocycles. The van der Waals surface area contributed by atoms with Gasteiger partial charge < -0.3 is 31.1 Å². The van der Waals surface area contributed by atoms with E-state index in [1.165, 1.54) is 18.5 Å². The quantitative estimate of drug-likeness (QED) is 0.362. The van der Waals surface area contributed by atoms with Gasteiger partial charge in [0.1, 0.15) is 46.5 Å². The normalized spacial score (nSPS) is 25.5. The SMILES string of the molecule is N#Cc1ncc(SC2OC(CO)C(O)C(N/C=C(\N)c3cc(F)c(Cl)c(F)c3)C2O)cc1Cl. The Balaban J connectivity index is 1.80. The van der Waals surface area contributed by atoms with Crippen molar-refractivity contribution in [3.63, 3.8) is 0 Å². The van der Waals surface area contributed by atoms with E-state index in [4.69, 9.17) is 38.9 Å². The van der Waals surface area contributed by atoms with Crippen LogP contribution in [0.4, 0.5) is 8.78 Å². The Hall–Kier alpha value is -2.17. The van der Waals surface area contributed by atoms with Crippen LogP contribution in [-0.4, -0.2) is 56.7 Å². The molecule has 1 saturated heterocycles. The molecule has 33 heavy (non-hydrogen) atoms. The molecule has 2 aromatic rings. The molecule has 1 aromatic heterocycles. The molecule has 0 amide bonds. The second kappa shape index (κ2) is 10.8. The van der Waals surface area contributed by atoms with E-state index in [9.17, 15) is 24.1 Å². The first-order valence-electron chi connectivity index (χ1n) is 9.37. The molecule has 1 aromatic carbocycles. The van der Waals surface area contributed by atoms with Crippen LogP contribution < -0.4 is 11.1 Å². The standard InChI is InChI=1S/C20H18Cl2F2N4O4S/c21-10-3-9(5-27-14(10)4-25)33-20-19(31)17(18(30)15(7-29)32-20)28-6-13(26)8-1-11(23)16(22)12(24)2-8/h1-3,5-6,15,17-20,28-31H,7,26H2/b13-6-. The zero-order valence-corrected chi connectivity index (χ0v) is 19.0. The number of nitrogens with zero attached hydrogens (tertiary/aromatic N) is 2. The third kappa shape index (κ3) is 5.67. The Kier molecular flexibility index (Phi) is 8.36. The lowest BCUT2D eigenvalue weighted by atomic mass is 9.97. The van der Waals surface area contributed by atoms with E-state index in [1.807, 2.05) is 6.07 Å². The second-order valence-electron chi connectivity index (χ2n) is 6.98. The Morgan fingerprint density at radius 3 is 2.52 bits per heavy atom. The van der Waals surface area contributed by atoms with Crippen molar-refractivity contribution < 1.29 is 28.8 Å². The van der Waals surface area contributed by atoms with E-state index in [-0.39, 0.29) is 22.0 Å². The number of aromatic nitrogens is 1. The van der Waals surface area contributed by atoms with Crippen molar-refractivity contribution in [1.82, 2.24) is 10.3 Å². The minimum atomic E-state index is -1.35. The molecule has 13 heteroatoms. The molecule has 0 bridgehead atoms. The first kappa shape index (κ1) is 25.5. The topological polar surface area (TPSA) is 145 Å². The number of hydrogen-bond acceptors (Lipinski definition) is 9. The minimum absolute atomic E-state index is 0.0131. The molecule has 1 aliphatic rings. The van der Waals surface area contributed by atoms with Gasteiger partial charge in [0.2, 0.25) is 0 Å². The van der Waals surface area contributed by atoms with E-state index < -0.39 is 53.1 Å². The maximum absolute atomic E-state index is 13.7. The van der Waals surface area contributed by atoms with Gasteiger partial charge in [-0.25, -0.2) is 13.8 Å². The van der Waals surface area contributed by atoms with Crippen molar-refractivity contribution in [3.8, 4) is 6.07 Å². The van der Waals surface area contributed by atoms with E-state index in [0.29, 0.717) is 4.90 Å². The van der Waals surface area contributed by atoms with Crippen LogP contribution in [0.2, 0.25) is 10.0 Å². The molecule has 0 radical (unpaired) electrons. The van der Waals surface area contributed by atoms with Crippen molar-refractivity contribution in [2.75, 3.05) is 6.61 Å². The van der Waals surface area contributed by atoms with Crippen molar-refractivity contribution in [1.29, 1.82) is 5.26 Å². The third-order valence-electron chi connectivity index (χ3n) is 4.81. The highest BCUT2D eigenvalue weighted by Crippen LogP contribution is 2.34. The number of ether oxygens (including phenoxy) is 1. The highest BCUT2D eigenvalue weighted by Gasteiger charge is 2.44. The maximum Gasteiger partial charge on any atom is 0.159 e. The van der Waals surface area contributed by atoms with Crippen molar-refractivity contribution >= 4 is 40.7 Å². The average molecular weight is 519 g/mol. The summed E-state index contributed by atoms with van der Waals surface area (Å²) < 4.78 is 33.0. The monoisotopic (exact) mass is 518 g/mol. The summed E-state index contributed by atoms with van der Waals surface area (Å²) in [5.41, 5.74) is 4.83. The van der Waals surface area contributed by atoms with Crippen LogP contribution >= 0.6 is 35.0 Å². The van der Waals surface area contributed by atoms with Gasteiger partial charge in [-0.15, -0.1) is 0 Å². The van der Waals surface area contributed by atoms with Gasteiger partial charge in [-0.3, -0.25) is 0 Å². The number of pyridine rings is 1. The number of aliphatic hydroxyl groups is 3. The second-order valence-corrected chi connectivity index (χ2v) is 8.94. The first-order valence-corrected chi connectivity index (χ1v) is 11.0. The molecule has 0 saturated carbocycles. The number of benzene rings is 1. The molecule has 3 rings (SSSR count). The molecule has 176 valence electrons. The summed E-state index contributed by atoms with van der Waals surface area (Å²) in [7, 11) is 0. The number of thioether (sulfide) groups is 1. The Labute approximate surface area is 201 Å². The maximum atomic E-state index is 13.7. The van der Waals surface area contributed by atoms with Crippen molar-refractivity contribution in [2.24, 2.45) is 5.73 Å². The molecular weight excluding hydrogens is 501 g/mol. The van der Waals surface area contributed by atoms with Crippen LogP contribution in [0.25, 0.3) is 5.70 Å². The summed E-state index contributed by atoms with van der Waals surface area (Å²) in [5.74, 6) is -2.00. The first-order chi connectivity index (χ1) is 15.7.